The van der Waals surface area contributed by atoms with E-state index in [-0.39, 0.29) is 0 Å². The summed E-state index contributed by atoms with van der Waals surface area (Å²) in [6.45, 7) is 4.15. The maximum absolute atomic E-state index is 11.9. The molecule has 0 aliphatic heterocycles. The molecule has 0 radical (unpaired) electrons. The first kappa shape index (κ1) is 20.3. The van der Waals surface area contributed by atoms with E-state index in [0.29, 0.717) is 12.8 Å². The number of aliphatic hydroxyl groups is 1. The summed E-state index contributed by atoms with van der Waals surface area (Å²) in [6.07, 6.45) is 0.990. The van der Waals surface area contributed by atoms with Gasteiger partial charge in [0.05, 0.1) is 11.6 Å². The summed E-state index contributed by atoms with van der Waals surface area (Å²) in [4.78, 5) is 0. The smallest absolute Gasteiger partial charge is 0.0919 e. The van der Waals surface area contributed by atoms with E-state index < -0.39 is 11.6 Å². The molecule has 0 saturated heterocycles. The van der Waals surface area contributed by atoms with E-state index in [2.05, 4.69) is 86.6 Å². The van der Waals surface area contributed by atoms with Crippen LogP contribution in [0.1, 0.15) is 33.9 Å². The van der Waals surface area contributed by atoms with Gasteiger partial charge in [0.1, 0.15) is 0 Å². The van der Waals surface area contributed by atoms with Crippen molar-refractivity contribution in [3.05, 3.63) is 119 Å². The van der Waals surface area contributed by atoms with Crippen LogP contribution in [0, 0.1) is 13.8 Å². The first-order chi connectivity index (χ1) is 14.4. The van der Waals surface area contributed by atoms with Crippen molar-refractivity contribution in [1.29, 1.82) is 0 Å². The van der Waals surface area contributed by atoms with Gasteiger partial charge in [-0.05, 0) is 47.4 Å². The van der Waals surface area contributed by atoms with Crippen LogP contribution in [0.25, 0.3) is 10.8 Å². The van der Waals surface area contributed by atoms with Crippen LogP contribution in [-0.2, 0) is 12.8 Å². The Balaban J connectivity index is 1.71. The molecule has 0 unspecified atom stereocenters. The standard InChI is InChI=1S/C28H29NO/c1-20-7-11-22(12-8-20)18-28(30,19-23-13-9-21(2)10-14-23)27(29)26-16-15-24-5-3-4-6-25(24)17-26/h3-17,27,30H,18-19,29H2,1-2H3/t27-/m1/s1. The van der Waals surface area contributed by atoms with Gasteiger partial charge in [0.25, 0.3) is 0 Å². The highest BCUT2D eigenvalue weighted by Gasteiger charge is 2.36. The molecule has 0 spiro atoms. The molecule has 0 aromatic heterocycles. The van der Waals surface area contributed by atoms with Crippen molar-refractivity contribution < 1.29 is 5.11 Å². The molecule has 4 aromatic carbocycles. The lowest BCUT2D eigenvalue weighted by Gasteiger charge is -2.35. The Morgan fingerprint density at radius 1 is 0.700 bits per heavy atom. The summed E-state index contributed by atoms with van der Waals surface area (Å²) in [5.41, 5.74) is 11.2. The first-order valence-electron chi connectivity index (χ1n) is 10.5. The van der Waals surface area contributed by atoms with E-state index in [1.54, 1.807) is 0 Å². The molecule has 0 aliphatic carbocycles. The number of fused-ring (bicyclic) bond motifs is 1. The summed E-state index contributed by atoms with van der Waals surface area (Å²) in [5.74, 6) is 0. The van der Waals surface area contributed by atoms with E-state index in [9.17, 15) is 5.11 Å². The summed E-state index contributed by atoms with van der Waals surface area (Å²) < 4.78 is 0. The van der Waals surface area contributed by atoms with Gasteiger partial charge in [-0.15, -0.1) is 0 Å². The molecule has 0 saturated carbocycles. The van der Waals surface area contributed by atoms with Gasteiger partial charge < -0.3 is 10.8 Å². The number of benzene rings is 4. The predicted molar refractivity (Wildman–Crippen MR) is 126 cm³/mol. The normalized spacial score (nSPS) is 12.8. The van der Waals surface area contributed by atoms with E-state index in [1.165, 1.54) is 16.5 Å². The van der Waals surface area contributed by atoms with Crippen molar-refractivity contribution in [3.8, 4) is 0 Å². The Kier molecular flexibility index (Phi) is 5.72. The summed E-state index contributed by atoms with van der Waals surface area (Å²) in [5, 5.41) is 14.2. The molecule has 0 aliphatic rings. The number of hydrogen-bond donors (Lipinski definition) is 2. The highest BCUT2D eigenvalue weighted by atomic mass is 16.3. The summed E-state index contributed by atoms with van der Waals surface area (Å²) in [7, 11) is 0. The van der Waals surface area contributed by atoms with Crippen LogP contribution in [0.3, 0.4) is 0 Å². The number of nitrogens with two attached hydrogens (primary N) is 1. The van der Waals surface area contributed by atoms with Crippen LogP contribution in [0.2, 0.25) is 0 Å². The third-order valence-corrected chi connectivity index (χ3v) is 5.97. The van der Waals surface area contributed by atoms with E-state index in [1.807, 2.05) is 18.2 Å². The SMILES string of the molecule is Cc1ccc(CC(O)(Cc2ccc(C)cc2)[C@H](N)c2ccc3ccccc3c2)cc1. The molecular weight excluding hydrogens is 366 g/mol. The fourth-order valence-corrected chi connectivity index (χ4v) is 4.11. The fraction of sp³-hybridized carbons (Fsp3) is 0.214. The molecule has 1 atom stereocenters. The number of hydrogen-bond acceptors (Lipinski definition) is 2. The minimum atomic E-state index is -1.10. The minimum absolute atomic E-state index is 0.495. The van der Waals surface area contributed by atoms with E-state index in [4.69, 9.17) is 5.73 Å². The van der Waals surface area contributed by atoms with Crippen LogP contribution in [0.15, 0.2) is 91.0 Å². The van der Waals surface area contributed by atoms with Gasteiger partial charge in [-0.25, -0.2) is 0 Å². The van der Waals surface area contributed by atoms with Gasteiger partial charge in [0, 0.05) is 12.8 Å². The molecule has 0 bridgehead atoms. The van der Waals surface area contributed by atoms with Gasteiger partial charge in [-0.1, -0.05) is 96.1 Å². The van der Waals surface area contributed by atoms with E-state index in [0.717, 1.165) is 22.1 Å². The minimum Gasteiger partial charge on any atom is -0.387 e. The highest BCUT2D eigenvalue weighted by Crippen LogP contribution is 2.32. The predicted octanol–water partition coefficient (Wildman–Crippen LogP) is 5.67. The third kappa shape index (κ3) is 4.46. The largest absolute Gasteiger partial charge is 0.387 e. The van der Waals surface area contributed by atoms with Crippen LogP contribution >= 0.6 is 0 Å². The summed E-state index contributed by atoms with van der Waals surface area (Å²) in [6, 6.07) is 30.7. The molecule has 2 nitrogen and oxygen atoms in total. The average molecular weight is 396 g/mol. The molecule has 30 heavy (non-hydrogen) atoms. The Bertz CT molecular complexity index is 1080. The van der Waals surface area contributed by atoms with Crippen LogP contribution in [0.4, 0.5) is 0 Å². The lowest BCUT2D eigenvalue weighted by molar-refractivity contribution is 0.0137. The molecule has 152 valence electrons. The second-order valence-electron chi connectivity index (χ2n) is 8.51. The third-order valence-electron chi connectivity index (χ3n) is 5.97. The molecule has 0 fully saturated rings. The Labute approximate surface area is 179 Å². The van der Waals surface area contributed by atoms with Crippen molar-refractivity contribution in [2.45, 2.75) is 38.3 Å². The molecule has 0 heterocycles. The van der Waals surface area contributed by atoms with Crippen molar-refractivity contribution in [3.63, 3.8) is 0 Å². The van der Waals surface area contributed by atoms with Gasteiger partial charge in [-0.2, -0.15) is 0 Å². The molecule has 4 aromatic rings. The second kappa shape index (κ2) is 8.43. The lowest BCUT2D eigenvalue weighted by atomic mass is 9.79. The second-order valence-corrected chi connectivity index (χ2v) is 8.51. The zero-order valence-electron chi connectivity index (χ0n) is 17.7. The van der Waals surface area contributed by atoms with Gasteiger partial charge in [0.2, 0.25) is 0 Å². The maximum Gasteiger partial charge on any atom is 0.0919 e. The van der Waals surface area contributed by atoms with E-state index >= 15 is 0 Å². The Morgan fingerprint density at radius 3 is 1.73 bits per heavy atom. The van der Waals surface area contributed by atoms with Crippen molar-refractivity contribution in [1.82, 2.24) is 0 Å². The Hall–Kier alpha value is -2.94. The number of aryl methyl sites for hydroxylation is 2. The first-order valence-corrected chi connectivity index (χ1v) is 10.5. The average Bonchev–Trinajstić information content (AvgIpc) is 2.76. The lowest BCUT2D eigenvalue weighted by Crippen LogP contribution is -2.45. The van der Waals surface area contributed by atoms with Crippen molar-refractivity contribution in [2.24, 2.45) is 5.73 Å². The molecular formula is C28H29NO. The van der Waals surface area contributed by atoms with Gasteiger partial charge >= 0.3 is 0 Å². The zero-order chi connectivity index (χ0) is 21.1. The van der Waals surface area contributed by atoms with Crippen LogP contribution in [0.5, 0.6) is 0 Å². The molecule has 2 heteroatoms. The van der Waals surface area contributed by atoms with Crippen LogP contribution < -0.4 is 5.73 Å². The molecule has 4 rings (SSSR count). The zero-order valence-corrected chi connectivity index (χ0v) is 17.7. The quantitative estimate of drug-likeness (QED) is 0.442. The molecule has 3 N–H and O–H groups in total. The maximum atomic E-state index is 11.9. The fourth-order valence-electron chi connectivity index (χ4n) is 4.11. The molecule has 0 amide bonds. The van der Waals surface area contributed by atoms with Crippen molar-refractivity contribution in [2.75, 3.05) is 0 Å². The summed E-state index contributed by atoms with van der Waals surface area (Å²) >= 11 is 0. The highest BCUT2D eigenvalue weighted by molar-refractivity contribution is 5.83. The number of rotatable bonds is 6. The topological polar surface area (TPSA) is 46.2 Å². The Morgan fingerprint density at radius 2 is 1.20 bits per heavy atom. The van der Waals surface area contributed by atoms with Crippen molar-refractivity contribution >= 4 is 10.8 Å². The van der Waals surface area contributed by atoms with Gasteiger partial charge in [0.15, 0.2) is 0 Å². The van der Waals surface area contributed by atoms with Crippen LogP contribution in [-0.4, -0.2) is 10.7 Å². The van der Waals surface area contributed by atoms with Gasteiger partial charge in [-0.3, -0.25) is 0 Å². The monoisotopic (exact) mass is 395 g/mol.